The molecule has 3 rings (SSSR count). The second-order valence-electron chi connectivity index (χ2n) is 4.87. The number of hydrogen-bond donors (Lipinski definition) is 2. The molecule has 2 aromatic heterocycles. The Hall–Kier alpha value is -1.53. The summed E-state index contributed by atoms with van der Waals surface area (Å²) in [5.74, 6) is 0.686. The molecule has 5 nitrogen and oxygen atoms in total. The van der Waals surface area contributed by atoms with Gasteiger partial charge in [0.2, 0.25) is 0 Å². The van der Waals surface area contributed by atoms with Gasteiger partial charge in [-0.15, -0.1) is 11.3 Å². The number of aromatic amines is 1. The Morgan fingerprint density at radius 2 is 2.26 bits per heavy atom. The van der Waals surface area contributed by atoms with Crippen LogP contribution in [0, 0.1) is 6.92 Å². The van der Waals surface area contributed by atoms with E-state index in [9.17, 15) is 4.79 Å². The molecule has 0 aliphatic heterocycles. The van der Waals surface area contributed by atoms with Gasteiger partial charge in [0.05, 0.1) is 16.4 Å². The second kappa shape index (κ2) is 5.22. The Kier molecular flexibility index (Phi) is 3.44. The van der Waals surface area contributed by atoms with E-state index in [1.54, 1.807) is 17.4 Å². The van der Waals surface area contributed by atoms with Crippen molar-refractivity contribution >= 4 is 11.3 Å². The van der Waals surface area contributed by atoms with Gasteiger partial charge >= 0.3 is 0 Å². The second-order valence-corrected chi connectivity index (χ2v) is 5.94. The fourth-order valence-electron chi connectivity index (χ4n) is 1.93. The third-order valence-electron chi connectivity index (χ3n) is 3.01. The predicted molar refractivity (Wildman–Crippen MR) is 74.4 cm³/mol. The van der Waals surface area contributed by atoms with E-state index >= 15 is 0 Å². The largest absolute Gasteiger partial charge is 0.310 e. The summed E-state index contributed by atoms with van der Waals surface area (Å²) in [5.41, 5.74) is 1.67. The van der Waals surface area contributed by atoms with Crippen LogP contribution in [0.4, 0.5) is 0 Å². The highest BCUT2D eigenvalue weighted by Crippen LogP contribution is 2.18. The molecule has 6 heteroatoms. The summed E-state index contributed by atoms with van der Waals surface area (Å²) in [4.78, 5) is 23.3. The van der Waals surface area contributed by atoms with E-state index in [0.717, 1.165) is 16.4 Å². The fraction of sp³-hybridized carbons (Fsp3) is 0.462. The molecule has 2 heterocycles. The first-order valence-electron chi connectivity index (χ1n) is 6.42. The van der Waals surface area contributed by atoms with E-state index in [1.807, 2.05) is 12.3 Å². The van der Waals surface area contributed by atoms with Crippen molar-refractivity contribution in [2.45, 2.75) is 38.8 Å². The Balaban J connectivity index is 1.74. The Labute approximate surface area is 115 Å². The molecule has 1 aliphatic rings. The van der Waals surface area contributed by atoms with Crippen LogP contribution < -0.4 is 10.9 Å². The predicted octanol–water partition coefficient (Wildman–Crippen LogP) is 1.38. The lowest BCUT2D eigenvalue weighted by Crippen LogP contribution is -2.20. The van der Waals surface area contributed by atoms with E-state index in [2.05, 4.69) is 20.3 Å². The van der Waals surface area contributed by atoms with Crippen molar-refractivity contribution in [3.8, 4) is 0 Å². The van der Waals surface area contributed by atoms with Crippen molar-refractivity contribution in [2.24, 2.45) is 0 Å². The van der Waals surface area contributed by atoms with Crippen LogP contribution in [-0.2, 0) is 13.0 Å². The molecule has 100 valence electrons. The van der Waals surface area contributed by atoms with Crippen molar-refractivity contribution in [3.63, 3.8) is 0 Å². The first-order chi connectivity index (χ1) is 9.19. The monoisotopic (exact) mass is 276 g/mol. The smallest absolute Gasteiger partial charge is 0.251 e. The lowest BCUT2D eigenvalue weighted by molar-refractivity contribution is 0.666. The van der Waals surface area contributed by atoms with Gasteiger partial charge in [-0.25, -0.2) is 9.97 Å². The molecule has 0 radical (unpaired) electrons. The zero-order valence-corrected chi connectivity index (χ0v) is 11.6. The number of hydrogen-bond acceptors (Lipinski definition) is 5. The molecule has 0 saturated heterocycles. The minimum atomic E-state index is -0.0930. The van der Waals surface area contributed by atoms with Gasteiger partial charge in [0.15, 0.2) is 0 Å². The quantitative estimate of drug-likeness (QED) is 0.865. The Morgan fingerprint density at radius 3 is 2.95 bits per heavy atom. The maximum absolute atomic E-state index is 11.6. The molecule has 0 atom stereocenters. The van der Waals surface area contributed by atoms with Crippen LogP contribution in [0.25, 0.3) is 0 Å². The van der Waals surface area contributed by atoms with Crippen LogP contribution in [0.2, 0.25) is 0 Å². The average molecular weight is 276 g/mol. The zero-order valence-electron chi connectivity index (χ0n) is 10.8. The van der Waals surface area contributed by atoms with Crippen LogP contribution >= 0.6 is 11.3 Å². The molecule has 1 aliphatic carbocycles. The molecule has 19 heavy (non-hydrogen) atoms. The summed E-state index contributed by atoms with van der Waals surface area (Å²) in [6.45, 7) is 2.64. The first kappa shape index (κ1) is 12.5. The number of H-pyrrole nitrogens is 1. The highest BCUT2D eigenvalue weighted by atomic mass is 32.1. The van der Waals surface area contributed by atoms with Gasteiger partial charge in [0, 0.05) is 30.5 Å². The van der Waals surface area contributed by atoms with Gasteiger partial charge in [0.25, 0.3) is 5.56 Å². The highest BCUT2D eigenvalue weighted by molar-refractivity contribution is 7.09. The molecule has 0 bridgehead atoms. The minimum absolute atomic E-state index is 0.0930. The molecule has 0 amide bonds. The fourth-order valence-corrected chi connectivity index (χ4v) is 2.55. The van der Waals surface area contributed by atoms with E-state index in [4.69, 9.17) is 0 Å². The van der Waals surface area contributed by atoms with Crippen LogP contribution in [-0.4, -0.2) is 21.0 Å². The van der Waals surface area contributed by atoms with Crippen molar-refractivity contribution in [1.82, 2.24) is 20.3 Å². The van der Waals surface area contributed by atoms with Gasteiger partial charge < -0.3 is 10.3 Å². The lowest BCUT2D eigenvalue weighted by atomic mass is 10.3. The molecular formula is C13H16N4OS. The number of thiazole rings is 1. The molecule has 0 aromatic carbocycles. The maximum Gasteiger partial charge on any atom is 0.251 e. The Bertz CT molecular complexity index is 630. The molecule has 2 N–H and O–H groups in total. The van der Waals surface area contributed by atoms with Crippen molar-refractivity contribution in [3.05, 3.63) is 44.0 Å². The molecule has 1 saturated carbocycles. The summed E-state index contributed by atoms with van der Waals surface area (Å²) < 4.78 is 0. The molecule has 1 fully saturated rings. The highest BCUT2D eigenvalue weighted by Gasteiger charge is 2.20. The van der Waals surface area contributed by atoms with Crippen molar-refractivity contribution in [2.75, 3.05) is 0 Å². The normalized spacial score (nSPS) is 14.8. The molecule has 2 aromatic rings. The third kappa shape index (κ3) is 3.48. The molecule has 0 unspecified atom stereocenters. The average Bonchev–Trinajstić information content (AvgIpc) is 3.10. The van der Waals surface area contributed by atoms with Gasteiger partial charge in [-0.1, -0.05) is 0 Å². The Morgan fingerprint density at radius 1 is 1.42 bits per heavy atom. The van der Waals surface area contributed by atoms with E-state index in [1.165, 1.54) is 12.8 Å². The minimum Gasteiger partial charge on any atom is -0.310 e. The van der Waals surface area contributed by atoms with E-state index in [0.29, 0.717) is 24.8 Å². The summed E-state index contributed by atoms with van der Waals surface area (Å²) in [5, 5.41) is 6.40. The number of rotatable bonds is 5. The zero-order chi connectivity index (χ0) is 13.2. The number of nitrogens with one attached hydrogen (secondary N) is 2. The van der Waals surface area contributed by atoms with Gasteiger partial charge in [-0.3, -0.25) is 4.79 Å². The number of aromatic nitrogens is 3. The van der Waals surface area contributed by atoms with Gasteiger partial charge in [-0.2, -0.15) is 0 Å². The standard InChI is InChI=1S/C13H16N4OS/c1-8-15-11(7-19-8)4-12-16-10(5-13(18)17-12)6-14-9-2-3-9/h5,7,9,14H,2-4,6H2,1H3,(H,16,17,18). The SMILES string of the molecule is Cc1nc(Cc2nc(CNC3CC3)cc(=O)[nH]2)cs1. The summed E-state index contributed by atoms with van der Waals surface area (Å²) >= 11 is 1.61. The van der Waals surface area contributed by atoms with E-state index in [-0.39, 0.29) is 5.56 Å². The third-order valence-corrected chi connectivity index (χ3v) is 3.83. The molecular weight excluding hydrogens is 260 g/mol. The van der Waals surface area contributed by atoms with Crippen molar-refractivity contribution < 1.29 is 0 Å². The number of nitrogens with zero attached hydrogens (tertiary/aromatic N) is 2. The van der Waals surface area contributed by atoms with E-state index < -0.39 is 0 Å². The summed E-state index contributed by atoms with van der Waals surface area (Å²) in [7, 11) is 0. The summed E-state index contributed by atoms with van der Waals surface area (Å²) in [6, 6.07) is 2.18. The van der Waals surface area contributed by atoms with Gasteiger partial charge in [0.1, 0.15) is 5.82 Å². The topological polar surface area (TPSA) is 70.7 Å². The van der Waals surface area contributed by atoms with Crippen molar-refractivity contribution in [1.29, 1.82) is 0 Å². The van der Waals surface area contributed by atoms with Crippen LogP contribution in [0.1, 0.15) is 35.1 Å². The first-order valence-corrected chi connectivity index (χ1v) is 7.30. The maximum atomic E-state index is 11.6. The van der Waals surface area contributed by atoms with Crippen LogP contribution in [0.3, 0.4) is 0 Å². The van der Waals surface area contributed by atoms with Crippen LogP contribution in [0.5, 0.6) is 0 Å². The van der Waals surface area contributed by atoms with Crippen LogP contribution in [0.15, 0.2) is 16.2 Å². The van der Waals surface area contributed by atoms with Gasteiger partial charge in [-0.05, 0) is 19.8 Å². The summed E-state index contributed by atoms with van der Waals surface area (Å²) in [6.07, 6.45) is 3.04. The number of aryl methyl sites for hydroxylation is 1. The lowest BCUT2D eigenvalue weighted by Gasteiger charge is -2.04. The molecule has 0 spiro atoms.